The number of allylic oxidation sites excluding steroid dienone is 5. The van der Waals surface area contributed by atoms with Crippen LogP contribution in [0.3, 0.4) is 0 Å². The van der Waals surface area contributed by atoms with Crippen LogP contribution < -0.4 is 4.90 Å². The lowest BCUT2D eigenvalue weighted by atomic mass is 9.93. The number of ether oxygens (including phenoxy) is 1. The van der Waals surface area contributed by atoms with E-state index in [1.165, 1.54) is 29.7 Å². The number of amides is 1. The zero-order valence-electron chi connectivity index (χ0n) is 18.4. The van der Waals surface area contributed by atoms with Crippen LogP contribution in [0.5, 0.6) is 0 Å². The number of hydrogen-bond acceptors (Lipinski definition) is 4. The normalized spacial score (nSPS) is 20.2. The van der Waals surface area contributed by atoms with Gasteiger partial charge in [-0.2, -0.15) is 5.26 Å². The summed E-state index contributed by atoms with van der Waals surface area (Å²) in [7, 11) is 0. The number of hydrogen-bond donors (Lipinski definition) is 0. The maximum absolute atomic E-state index is 12.0. The first-order valence-corrected chi connectivity index (χ1v) is 12.1. The van der Waals surface area contributed by atoms with Crippen molar-refractivity contribution in [3.05, 3.63) is 58.5 Å². The molecule has 3 rings (SSSR count). The Morgan fingerprint density at radius 3 is 2.77 bits per heavy atom. The molecule has 1 aromatic rings. The number of carbonyl (C=O) groups is 1. The predicted molar refractivity (Wildman–Crippen MR) is 129 cm³/mol. The van der Waals surface area contributed by atoms with E-state index in [9.17, 15) is 10.1 Å². The molecule has 164 valence electrons. The lowest BCUT2D eigenvalue weighted by Gasteiger charge is -2.31. The molecule has 0 aliphatic heterocycles. The van der Waals surface area contributed by atoms with E-state index in [1.54, 1.807) is 17.4 Å². The van der Waals surface area contributed by atoms with Crippen LogP contribution in [0, 0.1) is 11.3 Å². The molecular weight excluding hydrogens is 404 g/mol. The van der Waals surface area contributed by atoms with Crippen molar-refractivity contribution in [1.82, 2.24) is 0 Å². The molecule has 0 radical (unpaired) electrons. The highest BCUT2D eigenvalue weighted by Crippen LogP contribution is 2.40. The molecule has 0 spiro atoms. The van der Waals surface area contributed by atoms with Gasteiger partial charge < -0.3 is 9.64 Å². The molecule has 31 heavy (non-hydrogen) atoms. The van der Waals surface area contributed by atoms with E-state index in [1.807, 2.05) is 30.1 Å². The number of carbonyl (C=O) groups excluding carboxylic acids is 1. The van der Waals surface area contributed by atoms with Gasteiger partial charge in [0.25, 0.3) is 0 Å². The Morgan fingerprint density at radius 1 is 1.35 bits per heavy atom. The standard InChI is InChI=1S/C26H32N2O2S/c1-3-8-22(9-4-2)30-23-14-12-20(13-15-23)26-18-24(25(31-26)16-17-27)28(19-29)21-10-6-5-7-11-21/h3-4,8-9,12,18-19,21,23H,1,5-7,10-11,13-16H2,2H3/b9-4-,22-8+. The lowest BCUT2D eigenvalue weighted by molar-refractivity contribution is -0.108. The minimum atomic E-state index is 0.151. The maximum Gasteiger partial charge on any atom is 0.214 e. The average Bonchev–Trinajstić information content (AvgIpc) is 3.20. The van der Waals surface area contributed by atoms with Crippen molar-refractivity contribution in [3.8, 4) is 6.07 Å². The molecule has 0 bridgehead atoms. The fraction of sp³-hybridized carbons (Fsp3) is 0.462. The second-order valence-corrected chi connectivity index (χ2v) is 9.24. The number of thiophene rings is 1. The first-order valence-electron chi connectivity index (χ1n) is 11.2. The smallest absolute Gasteiger partial charge is 0.214 e. The Hall–Kier alpha value is -2.58. The number of anilines is 1. The van der Waals surface area contributed by atoms with Crippen LogP contribution in [0.1, 0.15) is 68.0 Å². The van der Waals surface area contributed by atoms with E-state index >= 15 is 0 Å². The Morgan fingerprint density at radius 2 is 2.16 bits per heavy atom. The van der Waals surface area contributed by atoms with Crippen molar-refractivity contribution in [1.29, 1.82) is 5.26 Å². The van der Waals surface area contributed by atoms with E-state index < -0.39 is 0 Å². The molecule has 1 amide bonds. The highest BCUT2D eigenvalue weighted by molar-refractivity contribution is 7.13. The molecule has 2 aliphatic carbocycles. The third-order valence-corrected chi connectivity index (χ3v) is 7.18. The SMILES string of the molecule is C=C/C=C(\C=C/C)OC1CC=C(c2cc(N(C=O)C3CCCCC3)c(CC#N)s2)CC1. The minimum Gasteiger partial charge on any atom is -0.490 e. The molecule has 1 fully saturated rings. The second-order valence-electron chi connectivity index (χ2n) is 8.11. The zero-order valence-corrected chi connectivity index (χ0v) is 19.2. The van der Waals surface area contributed by atoms with Gasteiger partial charge in [0, 0.05) is 22.2 Å². The van der Waals surface area contributed by atoms with Gasteiger partial charge in [0.1, 0.15) is 11.9 Å². The summed E-state index contributed by atoms with van der Waals surface area (Å²) in [5.41, 5.74) is 2.23. The van der Waals surface area contributed by atoms with Crippen LogP contribution in [0.25, 0.3) is 5.57 Å². The summed E-state index contributed by atoms with van der Waals surface area (Å²) in [5, 5.41) is 9.34. The Kier molecular flexibility index (Phi) is 8.73. The Balaban J connectivity index is 1.77. The molecule has 0 aromatic carbocycles. The molecule has 1 heterocycles. The van der Waals surface area contributed by atoms with Gasteiger partial charge in [-0.3, -0.25) is 4.79 Å². The summed E-state index contributed by atoms with van der Waals surface area (Å²) in [5.74, 6) is 0.836. The van der Waals surface area contributed by atoms with E-state index in [2.05, 4.69) is 24.8 Å². The van der Waals surface area contributed by atoms with Crippen LogP contribution in [0.2, 0.25) is 0 Å². The van der Waals surface area contributed by atoms with Gasteiger partial charge in [0.2, 0.25) is 6.41 Å². The van der Waals surface area contributed by atoms with Crippen LogP contribution in [-0.2, 0) is 16.0 Å². The fourth-order valence-corrected chi connectivity index (χ4v) is 5.60. The van der Waals surface area contributed by atoms with Crippen LogP contribution in [-0.4, -0.2) is 18.6 Å². The van der Waals surface area contributed by atoms with Gasteiger partial charge in [-0.05, 0) is 56.4 Å². The summed E-state index contributed by atoms with van der Waals surface area (Å²) in [4.78, 5) is 16.1. The molecule has 0 N–H and O–H groups in total. The summed E-state index contributed by atoms with van der Waals surface area (Å²) in [6, 6.07) is 4.67. The summed E-state index contributed by atoms with van der Waals surface area (Å²) < 4.78 is 6.12. The molecule has 1 aromatic heterocycles. The highest BCUT2D eigenvalue weighted by Gasteiger charge is 2.26. The molecule has 0 saturated heterocycles. The summed E-state index contributed by atoms with van der Waals surface area (Å²) in [6.45, 7) is 5.73. The molecule has 2 aliphatic rings. The summed E-state index contributed by atoms with van der Waals surface area (Å²) in [6.07, 6.45) is 19.7. The molecule has 1 unspecified atom stereocenters. The quantitative estimate of drug-likeness (QED) is 0.246. The van der Waals surface area contributed by atoms with Gasteiger partial charge in [-0.25, -0.2) is 0 Å². The number of nitrogens with zero attached hydrogens (tertiary/aromatic N) is 2. The largest absolute Gasteiger partial charge is 0.490 e. The molecule has 1 saturated carbocycles. The van der Waals surface area contributed by atoms with Crippen molar-refractivity contribution in [2.75, 3.05) is 4.90 Å². The monoisotopic (exact) mass is 436 g/mol. The molecular formula is C26H32N2O2S. The van der Waals surface area contributed by atoms with Gasteiger partial charge >= 0.3 is 0 Å². The second kappa shape index (κ2) is 11.7. The predicted octanol–water partition coefficient (Wildman–Crippen LogP) is 6.71. The van der Waals surface area contributed by atoms with Gasteiger partial charge in [0.15, 0.2) is 0 Å². The minimum absolute atomic E-state index is 0.151. The fourth-order valence-electron chi connectivity index (χ4n) is 4.44. The van der Waals surface area contributed by atoms with E-state index in [-0.39, 0.29) is 12.1 Å². The topological polar surface area (TPSA) is 53.3 Å². The van der Waals surface area contributed by atoms with Crippen LogP contribution >= 0.6 is 11.3 Å². The van der Waals surface area contributed by atoms with E-state index in [0.29, 0.717) is 6.42 Å². The average molecular weight is 437 g/mol. The number of rotatable bonds is 9. The van der Waals surface area contributed by atoms with E-state index in [4.69, 9.17) is 4.74 Å². The van der Waals surface area contributed by atoms with Crippen molar-refractivity contribution in [2.45, 2.75) is 76.9 Å². The van der Waals surface area contributed by atoms with Gasteiger partial charge in [-0.1, -0.05) is 44.1 Å². The van der Waals surface area contributed by atoms with Crippen molar-refractivity contribution < 1.29 is 9.53 Å². The third-order valence-electron chi connectivity index (χ3n) is 5.98. The van der Waals surface area contributed by atoms with Crippen molar-refractivity contribution in [3.63, 3.8) is 0 Å². The van der Waals surface area contributed by atoms with Gasteiger partial charge in [-0.15, -0.1) is 11.3 Å². The van der Waals surface area contributed by atoms with Crippen molar-refractivity contribution >= 4 is 29.0 Å². The first kappa shape index (κ1) is 23.1. The molecule has 4 nitrogen and oxygen atoms in total. The molecule has 1 atom stereocenters. The first-order chi connectivity index (χ1) is 15.2. The molecule has 5 heteroatoms. The zero-order chi connectivity index (χ0) is 22.1. The van der Waals surface area contributed by atoms with Crippen molar-refractivity contribution in [2.24, 2.45) is 0 Å². The highest BCUT2D eigenvalue weighted by atomic mass is 32.1. The lowest BCUT2D eigenvalue weighted by Crippen LogP contribution is -2.35. The number of nitriles is 1. The Labute approximate surface area is 190 Å². The Bertz CT molecular complexity index is 897. The van der Waals surface area contributed by atoms with Gasteiger partial charge in [0.05, 0.1) is 18.2 Å². The maximum atomic E-state index is 12.0. The van der Waals surface area contributed by atoms with E-state index in [0.717, 1.165) is 54.8 Å². The third kappa shape index (κ3) is 5.98. The summed E-state index contributed by atoms with van der Waals surface area (Å²) >= 11 is 1.66. The van der Waals surface area contributed by atoms with Crippen LogP contribution in [0.4, 0.5) is 5.69 Å². The van der Waals surface area contributed by atoms with Crippen LogP contribution in [0.15, 0.2) is 48.8 Å².